The van der Waals surface area contributed by atoms with Crippen molar-refractivity contribution in [2.24, 2.45) is 5.92 Å². The standard InChI is InChI=1S/C14H18O2/c1-9-6-7-13-11(8-9)4-3-5-12(13)10(2)14(15)16/h6-8,10,12H,3-5H2,1-2H3,(H,15,16). The van der Waals surface area contributed by atoms with Gasteiger partial charge in [0.15, 0.2) is 0 Å². The Morgan fingerprint density at radius 2 is 2.25 bits per heavy atom. The van der Waals surface area contributed by atoms with Gasteiger partial charge in [-0.2, -0.15) is 0 Å². The molecule has 1 aliphatic carbocycles. The van der Waals surface area contributed by atoms with Gasteiger partial charge in [-0.15, -0.1) is 0 Å². The lowest BCUT2D eigenvalue weighted by Gasteiger charge is -2.28. The Kier molecular flexibility index (Phi) is 2.99. The molecule has 0 heterocycles. The third kappa shape index (κ3) is 1.97. The molecule has 2 rings (SSSR count). The molecule has 2 unspecified atom stereocenters. The third-order valence-electron chi connectivity index (χ3n) is 3.65. The number of aryl methyl sites for hydroxylation is 2. The first-order chi connectivity index (χ1) is 7.59. The fourth-order valence-electron chi connectivity index (χ4n) is 2.67. The number of hydrogen-bond donors (Lipinski definition) is 1. The van der Waals surface area contributed by atoms with Crippen molar-refractivity contribution in [1.29, 1.82) is 0 Å². The number of carboxylic acid groups (broad SMARTS) is 1. The van der Waals surface area contributed by atoms with Crippen LogP contribution in [0, 0.1) is 12.8 Å². The minimum absolute atomic E-state index is 0.196. The summed E-state index contributed by atoms with van der Waals surface area (Å²) in [5.41, 5.74) is 3.87. The monoisotopic (exact) mass is 218 g/mol. The van der Waals surface area contributed by atoms with E-state index < -0.39 is 5.97 Å². The first kappa shape index (κ1) is 11.2. The van der Waals surface area contributed by atoms with E-state index in [9.17, 15) is 4.79 Å². The van der Waals surface area contributed by atoms with Gasteiger partial charge in [0.05, 0.1) is 5.92 Å². The smallest absolute Gasteiger partial charge is 0.306 e. The molecular formula is C14H18O2. The van der Waals surface area contributed by atoms with Crippen molar-refractivity contribution < 1.29 is 9.90 Å². The molecule has 0 aromatic heterocycles. The minimum Gasteiger partial charge on any atom is -0.481 e. The third-order valence-corrected chi connectivity index (χ3v) is 3.65. The van der Waals surface area contributed by atoms with Crippen molar-refractivity contribution in [3.63, 3.8) is 0 Å². The second-order valence-electron chi connectivity index (χ2n) is 4.83. The van der Waals surface area contributed by atoms with Crippen LogP contribution in [0.5, 0.6) is 0 Å². The number of fused-ring (bicyclic) bond motifs is 1. The highest BCUT2D eigenvalue weighted by Gasteiger charge is 2.29. The largest absolute Gasteiger partial charge is 0.481 e. The van der Waals surface area contributed by atoms with E-state index in [0.29, 0.717) is 0 Å². The average Bonchev–Trinajstić information content (AvgIpc) is 2.26. The van der Waals surface area contributed by atoms with Crippen molar-refractivity contribution in [3.8, 4) is 0 Å². The number of aliphatic carboxylic acids is 1. The topological polar surface area (TPSA) is 37.3 Å². The zero-order valence-corrected chi connectivity index (χ0v) is 9.86. The van der Waals surface area contributed by atoms with Crippen LogP contribution in [-0.4, -0.2) is 11.1 Å². The summed E-state index contributed by atoms with van der Waals surface area (Å²) in [6.45, 7) is 3.91. The summed E-state index contributed by atoms with van der Waals surface area (Å²) in [5.74, 6) is -0.762. The Bertz CT molecular complexity index is 409. The summed E-state index contributed by atoms with van der Waals surface area (Å²) < 4.78 is 0. The first-order valence-corrected chi connectivity index (χ1v) is 5.92. The van der Waals surface area contributed by atoms with E-state index in [1.54, 1.807) is 0 Å². The highest BCUT2D eigenvalue weighted by Crippen LogP contribution is 2.37. The number of benzene rings is 1. The van der Waals surface area contributed by atoms with E-state index in [-0.39, 0.29) is 11.8 Å². The van der Waals surface area contributed by atoms with Crippen LogP contribution in [0.4, 0.5) is 0 Å². The minimum atomic E-state index is -0.682. The zero-order valence-electron chi connectivity index (χ0n) is 9.86. The van der Waals surface area contributed by atoms with Gasteiger partial charge in [-0.1, -0.05) is 30.7 Å². The van der Waals surface area contributed by atoms with Crippen molar-refractivity contribution in [2.45, 2.75) is 39.0 Å². The van der Waals surface area contributed by atoms with Crippen LogP contribution in [0.25, 0.3) is 0 Å². The molecule has 2 nitrogen and oxygen atoms in total. The van der Waals surface area contributed by atoms with Gasteiger partial charge in [-0.05, 0) is 43.2 Å². The molecular weight excluding hydrogens is 200 g/mol. The second kappa shape index (κ2) is 4.28. The fraction of sp³-hybridized carbons (Fsp3) is 0.500. The maximum Gasteiger partial charge on any atom is 0.306 e. The molecule has 0 amide bonds. The lowest BCUT2D eigenvalue weighted by atomic mass is 9.76. The van der Waals surface area contributed by atoms with Crippen molar-refractivity contribution >= 4 is 5.97 Å². The SMILES string of the molecule is Cc1ccc2c(c1)CCCC2C(C)C(=O)O. The van der Waals surface area contributed by atoms with E-state index in [2.05, 4.69) is 25.1 Å². The van der Waals surface area contributed by atoms with Crippen LogP contribution < -0.4 is 0 Å². The van der Waals surface area contributed by atoms with Crippen LogP contribution in [0.1, 0.15) is 42.4 Å². The molecule has 0 fully saturated rings. The van der Waals surface area contributed by atoms with Gasteiger partial charge < -0.3 is 5.11 Å². The molecule has 0 saturated carbocycles. The molecule has 2 heteroatoms. The van der Waals surface area contributed by atoms with Gasteiger partial charge in [0.2, 0.25) is 0 Å². The van der Waals surface area contributed by atoms with Crippen LogP contribution in [-0.2, 0) is 11.2 Å². The molecule has 0 aliphatic heterocycles. The molecule has 1 N–H and O–H groups in total. The van der Waals surface area contributed by atoms with Gasteiger partial charge in [0.25, 0.3) is 0 Å². The van der Waals surface area contributed by atoms with Gasteiger partial charge >= 0.3 is 5.97 Å². The molecule has 1 aliphatic rings. The van der Waals surface area contributed by atoms with Crippen LogP contribution >= 0.6 is 0 Å². The van der Waals surface area contributed by atoms with E-state index in [0.717, 1.165) is 19.3 Å². The van der Waals surface area contributed by atoms with Crippen molar-refractivity contribution in [1.82, 2.24) is 0 Å². The summed E-state index contributed by atoms with van der Waals surface area (Å²) >= 11 is 0. The number of rotatable bonds is 2. The van der Waals surface area contributed by atoms with Crippen LogP contribution in [0.2, 0.25) is 0 Å². The highest BCUT2D eigenvalue weighted by molar-refractivity contribution is 5.71. The Hall–Kier alpha value is -1.31. The molecule has 86 valence electrons. The van der Waals surface area contributed by atoms with Crippen LogP contribution in [0.15, 0.2) is 18.2 Å². The summed E-state index contributed by atoms with van der Waals surface area (Å²) in [6.07, 6.45) is 3.21. The van der Waals surface area contributed by atoms with Gasteiger partial charge in [-0.25, -0.2) is 0 Å². The first-order valence-electron chi connectivity index (χ1n) is 5.92. The fourth-order valence-corrected chi connectivity index (χ4v) is 2.67. The van der Waals surface area contributed by atoms with E-state index in [4.69, 9.17) is 5.11 Å². The summed E-state index contributed by atoms with van der Waals surface area (Å²) in [4.78, 5) is 11.1. The molecule has 2 atom stereocenters. The zero-order chi connectivity index (χ0) is 11.7. The summed E-state index contributed by atoms with van der Waals surface area (Å²) in [5, 5.41) is 9.11. The molecule has 0 bridgehead atoms. The molecule has 0 radical (unpaired) electrons. The normalized spacial score (nSPS) is 21.2. The van der Waals surface area contributed by atoms with Crippen molar-refractivity contribution in [2.75, 3.05) is 0 Å². The molecule has 1 aromatic carbocycles. The molecule has 1 aromatic rings. The maximum absolute atomic E-state index is 11.1. The Morgan fingerprint density at radius 3 is 2.94 bits per heavy atom. The maximum atomic E-state index is 11.1. The average molecular weight is 218 g/mol. The molecule has 0 saturated heterocycles. The van der Waals surface area contributed by atoms with Crippen molar-refractivity contribution in [3.05, 3.63) is 34.9 Å². The Labute approximate surface area is 96.3 Å². The predicted octanol–water partition coefficient (Wildman–Crippen LogP) is 3.14. The predicted molar refractivity (Wildman–Crippen MR) is 63.7 cm³/mol. The quantitative estimate of drug-likeness (QED) is 0.828. The van der Waals surface area contributed by atoms with Gasteiger partial charge in [0.1, 0.15) is 0 Å². The molecule has 16 heavy (non-hydrogen) atoms. The number of carbonyl (C=O) groups is 1. The summed E-state index contributed by atoms with van der Waals surface area (Å²) in [7, 11) is 0. The Balaban J connectivity index is 2.36. The number of carboxylic acids is 1. The Morgan fingerprint density at radius 1 is 1.50 bits per heavy atom. The van der Waals surface area contributed by atoms with Crippen LogP contribution in [0.3, 0.4) is 0 Å². The molecule has 0 spiro atoms. The number of hydrogen-bond acceptors (Lipinski definition) is 1. The highest BCUT2D eigenvalue weighted by atomic mass is 16.4. The summed E-state index contributed by atoms with van der Waals surface area (Å²) in [6, 6.07) is 6.41. The van der Waals surface area contributed by atoms with E-state index in [1.165, 1.54) is 16.7 Å². The van der Waals surface area contributed by atoms with E-state index >= 15 is 0 Å². The van der Waals surface area contributed by atoms with E-state index in [1.807, 2.05) is 6.92 Å². The lowest BCUT2D eigenvalue weighted by molar-refractivity contribution is -0.142. The van der Waals surface area contributed by atoms with Gasteiger partial charge in [-0.3, -0.25) is 4.79 Å². The van der Waals surface area contributed by atoms with Gasteiger partial charge in [0, 0.05) is 0 Å². The second-order valence-corrected chi connectivity index (χ2v) is 4.83. The lowest BCUT2D eigenvalue weighted by Crippen LogP contribution is -2.22.